The van der Waals surface area contributed by atoms with Crippen LogP contribution in [0.4, 0.5) is 0 Å². The van der Waals surface area contributed by atoms with Crippen molar-refractivity contribution in [3.8, 4) is 16.9 Å². The van der Waals surface area contributed by atoms with Crippen molar-refractivity contribution in [1.82, 2.24) is 9.88 Å². The number of nitrogens with zero attached hydrogens (tertiary/aromatic N) is 1. The minimum Gasteiger partial charge on any atom is -0.495 e. The lowest BCUT2D eigenvalue weighted by molar-refractivity contribution is 0.393. The van der Waals surface area contributed by atoms with Crippen molar-refractivity contribution in [1.29, 1.82) is 0 Å². The highest BCUT2D eigenvalue weighted by atomic mass is 32.2. The molecular formula is C19H20N2O4S. The minimum absolute atomic E-state index is 0.0773. The van der Waals surface area contributed by atoms with Crippen molar-refractivity contribution in [2.24, 2.45) is 0 Å². The van der Waals surface area contributed by atoms with Crippen molar-refractivity contribution < 1.29 is 17.7 Å². The topological polar surface area (TPSA) is 81.4 Å². The first-order valence-corrected chi connectivity index (χ1v) is 9.55. The van der Waals surface area contributed by atoms with E-state index < -0.39 is 10.0 Å². The smallest absolute Gasteiger partial charge is 0.244 e. The lowest BCUT2D eigenvalue weighted by atomic mass is 10.0. The third-order valence-corrected chi connectivity index (χ3v) is 5.51. The Hall–Kier alpha value is -2.64. The average molecular weight is 372 g/mol. The maximum atomic E-state index is 12.8. The van der Waals surface area contributed by atoms with E-state index in [0.29, 0.717) is 17.0 Å². The molecule has 0 saturated carbocycles. The molecule has 136 valence electrons. The molecule has 0 radical (unpaired) electrons. The molecule has 6 nitrogen and oxygen atoms in total. The predicted octanol–water partition coefficient (Wildman–Crippen LogP) is 3.45. The van der Waals surface area contributed by atoms with E-state index in [0.717, 1.165) is 11.1 Å². The Balaban J connectivity index is 1.98. The van der Waals surface area contributed by atoms with Gasteiger partial charge in [0.25, 0.3) is 0 Å². The summed E-state index contributed by atoms with van der Waals surface area (Å²) in [6.45, 7) is 3.81. The van der Waals surface area contributed by atoms with Crippen LogP contribution in [0.25, 0.3) is 11.1 Å². The summed E-state index contributed by atoms with van der Waals surface area (Å²) >= 11 is 0. The second kappa shape index (κ2) is 7.31. The zero-order valence-electron chi connectivity index (χ0n) is 14.8. The largest absolute Gasteiger partial charge is 0.495 e. The van der Waals surface area contributed by atoms with Crippen LogP contribution in [0.5, 0.6) is 5.75 Å². The summed E-state index contributed by atoms with van der Waals surface area (Å²) in [7, 11) is -2.32. The quantitative estimate of drug-likeness (QED) is 0.717. The van der Waals surface area contributed by atoms with Crippen LogP contribution >= 0.6 is 0 Å². The van der Waals surface area contributed by atoms with Crippen LogP contribution < -0.4 is 9.46 Å². The van der Waals surface area contributed by atoms with Crippen LogP contribution in [0.3, 0.4) is 0 Å². The number of hydrogen-bond donors (Lipinski definition) is 1. The fourth-order valence-corrected chi connectivity index (χ4v) is 4.00. The molecule has 26 heavy (non-hydrogen) atoms. The van der Waals surface area contributed by atoms with E-state index >= 15 is 0 Å². The van der Waals surface area contributed by atoms with E-state index in [1.807, 2.05) is 37.3 Å². The Morgan fingerprint density at radius 3 is 2.46 bits per heavy atom. The van der Waals surface area contributed by atoms with Gasteiger partial charge >= 0.3 is 0 Å². The molecule has 0 fully saturated rings. The number of ether oxygens (including phenoxy) is 1. The van der Waals surface area contributed by atoms with E-state index in [4.69, 9.17) is 9.26 Å². The molecule has 0 aliphatic rings. The van der Waals surface area contributed by atoms with E-state index in [9.17, 15) is 8.42 Å². The van der Waals surface area contributed by atoms with Crippen molar-refractivity contribution >= 4 is 10.0 Å². The van der Waals surface area contributed by atoms with E-state index in [1.165, 1.54) is 7.11 Å². The molecule has 1 aromatic heterocycles. The van der Waals surface area contributed by atoms with Crippen LogP contribution in [-0.2, 0) is 16.6 Å². The first-order valence-electron chi connectivity index (χ1n) is 8.07. The average Bonchev–Trinajstić information content (AvgIpc) is 2.99. The Labute approximate surface area is 152 Å². The van der Waals surface area contributed by atoms with Gasteiger partial charge in [-0.15, -0.1) is 0 Å². The fourth-order valence-electron chi connectivity index (χ4n) is 2.79. The summed E-state index contributed by atoms with van der Waals surface area (Å²) in [5.74, 6) is 0.911. The van der Waals surface area contributed by atoms with Crippen LogP contribution in [0.2, 0.25) is 0 Å². The summed E-state index contributed by atoms with van der Waals surface area (Å²) in [6, 6.07) is 14.3. The monoisotopic (exact) mass is 372 g/mol. The van der Waals surface area contributed by atoms with E-state index in [2.05, 4.69) is 9.88 Å². The van der Waals surface area contributed by atoms with Crippen molar-refractivity contribution in [3.05, 3.63) is 65.5 Å². The van der Waals surface area contributed by atoms with Gasteiger partial charge in [0.1, 0.15) is 16.4 Å². The molecule has 0 bridgehead atoms. The molecule has 0 atom stereocenters. The van der Waals surface area contributed by atoms with Gasteiger partial charge in [-0.2, -0.15) is 0 Å². The zero-order valence-corrected chi connectivity index (χ0v) is 15.6. The van der Waals surface area contributed by atoms with Gasteiger partial charge in [-0.25, -0.2) is 13.1 Å². The first kappa shape index (κ1) is 18.2. The van der Waals surface area contributed by atoms with Crippen LogP contribution in [0.15, 0.2) is 57.9 Å². The molecule has 0 aliphatic carbocycles. The van der Waals surface area contributed by atoms with Gasteiger partial charge in [0.2, 0.25) is 10.0 Å². The standard InChI is InChI=1S/C19H20N2O4S/c1-13-19(14(2)25-21-13)16-9-10-17(24-3)18(11-16)26(22,23)20-12-15-7-5-4-6-8-15/h4-11,20H,12H2,1-3H3. The number of methoxy groups -OCH3 is 1. The van der Waals surface area contributed by atoms with Gasteiger partial charge in [-0.05, 0) is 37.1 Å². The minimum atomic E-state index is -3.77. The highest BCUT2D eigenvalue weighted by molar-refractivity contribution is 7.89. The number of aromatic nitrogens is 1. The molecule has 3 aromatic rings. The Bertz CT molecular complexity index is 992. The second-order valence-electron chi connectivity index (χ2n) is 5.87. The van der Waals surface area contributed by atoms with Crippen LogP contribution in [0, 0.1) is 13.8 Å². The van der Waals surface area contributed by atoms with Gasteiger partial charge < -0.3 is 9.26 Å². The highest BCUT2D eigenvalue weighted by Gasteiger charge is 2.22. The zero-order chi connectivity index (χ0) is 18.7. The van der Waals surface area contributed by atoms with Crippen LogP contribution in [0.1, 0.15) is 17.0 Å². The molecular weight excluding hydrogens is 352 g/mol. The van der Waals surface area contributed by atoms with Crippen LogP contribution in [-0.4, -0.2) is 20.7 Å². The van der Waals surface area contributed by atoms with Gasteiger partial charge in [0, 0.05) is 12.1 Å². The third-order valence-electron chi connectivity index (χ3n) is 4.08. The van der Waals surface area contributed by atoms with E-state index in [-0.39, 0.29) is 17.2 Å². The molecule has 0 aliphatic heterocycles. The van der Waals surface area contributed by atoms with Crippen molar-refractivity contribution in [2.45, 2.75) is 25.3 Å². The molecule has 7 heteroatoms. The summed E-state index contributed by atoms with van der Waals surface area (Å²) < 4.78 is 38.8. The Morgan fingerprint density at radius 1 is 1.12 bits per heavy atom. The lowest BCUT2D eigenvalue weighted by Crippen LogP contribution is -2.23. The first-order chi connectivity index (χ1) is 12.4. The number of hydrogen-bond acceptors (Lipinski definition) is 5. The number of aryl methyl sites for hydroxylation is 2. The molecule has 1 heterocycles. The number of benzene rings is 2. The summed E-state index contributed by atoms with van der Waals surface area (Å²) in [6.07, 6.45) is 0. The van der Waals surface area contributed by atoms with Gasteiger partial charge in [-0.3, -0.25) is 0 Å². The Morgan fingerprint density at radius 2 is 1.85 bits per heavy atom. The lowest BCUT2D eigenvalue weighted by Gasteiger charge is -2.12. The Kier molecular flexibility index (Phi) is 5.11. The number of nitrogens with one attached hydrogen (secondary N) is 1. The van der Waals surface area contributed by atoms with E-state index in [1.54, 1.807) is 25.1 Å². The summed E-state index contributed by atoms with van der Waals surface area (Å²) in [5.41, 5.74) is 3.07. The molecule has 1 N–H and O–H groups in total. The highest BCUT2D eigenvalue weighted by Crippen LogP contribution is 2.33. The summed E-state index contributed by atoms with van der Waals surface area (Å²) in [5, 5.41) is 3.93. The SMILES string of the molecule is COc1ccc(-c2c(C)noc2C)cc1S(=O)(=O)NCc1ccccc1. The predicted molar refractivity (Wildman–Crippen MR) is 98.4 cm³/mol. The number of sulfonamides is 1. The normalized spacial score (nSPS) is 11.5. The van der Waals surface area contributed by atoms with Crippen molar-refractivity contribution in [3.63, 3.8) is 0 Å². The molecule has 0 amide bonds. The van der Waals surface area contributed by atoms with Gasteiger partial charge in [0.05, 0.1) is 12.8 Å². The molecule has 0 unspecified atom stereocenters. The molecule has 2 aromatic carbocycles. The summed E-state index contributed by atoms with van der Waals surface area (Å²) in [4.78, 5) is 0.0773. The maximum absolute atomic E-state index is 12.8. The van der Waals surface area contributed by atoms with Gasteiger partial charge in [-0.1, -0.05) is 41.6 Å². The van der Waals surface area contributed by atoms with Gasteiger partial charge in [0.15, 0.2) is 0 Å². The second-order valence-corrected chi connectivity index (χ2v) is 7.61. The van der Waals surface area contributed by atoms with Crippen molar-refractivity contribution in [2.75, 3.05) is 7.11 Å². The number of rotatable bonds is 6. The molecule has 0 spiro atoms. The molecule has 0 saturated heterocycles. The maximum Gasteiger partial charge on any atom is 0.244 e. The molecule has 3 rings (SSSR count). The third kappa shape index (κ3) is 3.63. The fraction of sp³-hybridized carbons (Fsp3) is 0.211.